The molecule has 1 unspecified atom stereocenters. The van der Waals surface area contributed by atoms with Crippen molar-refractivity contribution in [2.45, 2.75) is 6.61 Å². The van der Waals surface area contributed by atoms with Crippen molar-refractivity contribution in [2.24, 2.45) is 15.3 Å². The molecule has 31 heavy (non-hydrogen) atoms. The number of aliphatic imine (C=N–C) groups is 1. The molecule has 0 saturated carbocycles. The summed E-state index contributed by atoms with van der Waals surface area (Å²) in [6.45, 7) is 0.0963. The fourth-order valence-corrected chi connectivity index (χ4v) is 3.17. The van der Waals surface area contributed by atoms with Crippen LogP contribution in [-0.2, 0) is 22.2 Å². The summed E-state index contributed by atoms with van der Waals surface area (Å²) in [5.41, 5.74) is 4.83. The fraction of sp³-hybridized carbons (Fsp3) is 0.263. The van der Waals surface area contributed by atoms with Gasteiger partial charge >= 0.3 is 6.01 Å². The second kappa shape index (κ2) is 10.4. The van der Waals surface area contributed by atoms with Gasteiger partial charge in [-0.05, 0) is 24.3 Å². The molecular formula is C19H22N8O3S. The number of hydrogen-bond donors (Lipinski definition) is 2. The molecule has 0 bridgehead atoms. The molecule has 3 rings (SSSR count). The van der Waals surface area contributed by atoms with Gasteiger partial charge in [0.25, 0.3) is 0 Å². The van der Waals surface area contributed by atoms with Crippen LogP contribution in [0, 0.1) is 0 Å². The maximum atomic E-state index is 11.8. The minimum atomic E-state index is -1.23. The summed E-state index contributed by atoms with van der Waals surface area (Å²) in [7, 11) is 1.93. The molecule has 2 heterocycles. The predicted molar refractivity (Wildman–Crippen MR) is 119 cm³/mol. The topological polar surface area (TPSA) is 135 Å². The predicted octanol–water partition coefficient (Wildman–Crippen LogP) is 1.75. The van der Waals surface area contributed by atoms with Crippen LogP contribution in [0.4, 0.5) is 5.82 Å². The van der Waals surface area contributed by atoms with Crippen LogP contribution in [0.15, 0.2) is 57.8 Å². The molecule has 0 fully saturated rings. The number of amides is 1. The Bertz CT molecular complexity index is 1160. The van der Waals surface area contributed by atoms with Crippen molar-refractivity contribution in [3.05, 3.63) is 48.2 Å². The molecule has 0 aliphatic carbocycles. The molecule has 1 amide bonds. The van der Waals surface area contributed by atoms with Gasteiger partial charge in [-0.25, -0.2) is 15.0 Å². The van der Waals surface area contributed by atoms with Gasteiger partial charge in [0, 0.05) is 24.1 Å². The molecule has 0 radical (unpaired) electrons. The molecule has 12 heteroatoms. The molecule has 0 aliphatic rings. The van der Waals surface area contributed by atoms with Crippen LogP contribution in [0.2, 0.25) is 0 Å². The molecule has 162 valence electrons. The number of fused-ring (bicyclic) bond motifs is 1. The van der Waals surface area contributed by atoms with Crippen LogP contribution in [0.5, 0.6) is 6.01 Å². The first-order valence-corrected chi connectivity index (χ1v) is 10.9. The van der Waals surface area contributed by atoms with E-state index in [0.29, 0.717) is 23.5 Å². The van der Waals surface area contributed by atoms with Crippen molar-refractivity contribution < 1.29 is 13.7 Å². The van der Waals surface area contributed by atoms with E-state index in [9.17, 15) is 9.00 Å². The Kier molecular flexibility index (Phi) is 7.38. The third-order valence-corrected chi connectivity index (χ3v) is 4.63. The summed E-state index contributed by atoms with van der Waals surface area (Å²) in [5.74, 6) is 0.281. The van der Waals surface area contributed by atoms with Gasteiger partial charge in [-0.3, -0.25) is 14.0 Å². The number of carbonyl (C=O) groups excluding carboxylic acids is 1. The van der Waals surface area contributed by atoms with Crippen molar-refractivity contribution >= 4 is 39.5 Å². The Morgan fingerprint density at radius 2 is 1.97 bits per heavy atom. The lowest BCUT2D eigenvalue weighted by Crippen LogP contribution is -2.26. The highest BCUT2D eigenvalue weighted by Gasteiger charge is 2.17. The Labute approximate surface area is 181 Å². The van der Waals surface area contributed by atoms with Crippen LogP contribution in [0.25, 0.3) is 11.0 Å². The molecule has 0 aliphatic heterocycles. The number of para-hydroxylation sites is 2. The summed E-state index contributed by atoms with van der Waals surface area (Å²) >= 11 is 0. The zero-order chi connectivity index (χ0) is 22.2. The van der Waals surface area contributed by atoms with Gasteiger partial charge in [0.15, 0.2) is 0 Å². The molecule has 3 aromatic rings. The van der Waals surface area contributed by atoms with Gasteiger partial charge in [-0.2, -0.15) is 10.1 Å². The maximum Gasteiger partial charge on any atom is 0.304 e. The third kappa shape index (κ3) is 5.69. The average Bonchev–Trinajstić information content (AvgIpc) is 3.11. The fourth-order valence-electron chi connectivity index (χ4n) is 2.73. The first-order valence-electron chi connectivity index (χ1n) is 9.20. The van der Waals surface area contributed by atoms with Crippen LogP contribution in [0.3, 0.4) is 0 Å². The molecule has 2 aromatic heterocycles. The number of ether oxygens (including phenoxy) is 1. The number of hydrogen-bond acceptors (Lipinski definition) is 8. The zero-order valence-electron chi connectivity index (χ0n) is 17.3. The monoisotopic (exact) mass is 442 g/mol. The normalized spacial score (nSPS) is 12.8. The van der Waals surface area contributed by atoms with Gasteiger partial charge in [0.2, 0.25) is 11.9 Å². The van der Waals surface area contributed by atoms with Crippen molar-refractivity contribution in [1.82, 2.24) is 20.0 Å². The van der Waals surface area contributed by atoms with E-state index in [2.05, 4.69) is 36.0 Å². The second-order valence-corrected chi connectivity index (χ2v) is 7.68. The molecule has 0 spiro atoms. The maximum absolute atomic E-state index is 11.8. The number of imidazole rings is 1. The number of nitrogens with zero attached hydrogens (tertiary/aromatic N) is 6. The summed E-state index contributed by atoms with van der Waals surface area (Å²) in [5, 5.41) is 10.1. The summed E-state index contributed by atoms with van der Waals surface area (Å²) in [4.78, 5) is 24.9. The van der Waals surface area contributed by atoms with Gasteiger partial charge in [0.05, 0.1) is 23.8 Å². The lowest BCUT2D eigenvalue weighted by molar-refractivity contribution is -0.113. The van der Waals surface area contributed by atoms with Gasteiger partial charge < -0.3 is 10.1 Å². The summed E-state index contributed by atoms with van der Waals surface area (Å²) < 4.78 is 18.8. The minimum Gasteiger partial charge on any atom is -0.458 e. The lowest BCUT2D eigenvalue weighted by atomic mass is 10.3. The Morgan fingerprint density at radius 1 is 1.16 bits per heavy atom. The lowest BCUT2D eigenvalue weighted by Gasteiger charge is -2.11. The van der Waals surface area contributed by atoms with E-state index < -0.39 is 10.8 Å². The Hall–Kier alpha value is -3.67. The standard InChI is InChI=1S/C19H22N8O3S/c1-20-18(25-26-21-2)27-15-9-5-4-8-14(15)23-19(27)30-11-13-7-6-10-16(22-13)24-17(28)12-31(3)29/h4-10H,11-12H2,1-3H3,(H,20,21,25)(H,22,24,28). The molecule has 0 saturated heterocycles. The van der Waals surface area contributed by atoms with E-state index in [1.54, 1.807) is 36.9 Å². The van der Waals surface area contributed by atoms with Crippen LogP contribution < -0.4 is 15.5 Å². The van der Waals surface area contributed by atoms with E-state index in [4.69, 9.17) is 4.74 Å². The molecule has 11 nitrogen and oxygen atoms in total. The smallest absolute Gasteiger partial charge is 0.304 e. The van der Waals surface area contributed by atoms with Crippen LogP contribution in [-0.4, -0.2) is 56.7 Å². The Morgan fingerprint density at radius 3 is 2.71 bits per heavy atom. The quantitative estimate of drug-likeness (QED) is 0.248. The average molecular weight is 443 g/mol. The van der Waals surface area contributed by atoms with Gasteiger partial charge in [-0.15, -0.1) is 0 Å². The third-order valence-electron chi connectivity index (χ3n) is 3.96. The summed E-state index contributed by atoms with van der Waals surface area (Å²) in [6.07, 6.45) is 1.47. The highest BCUT2D eigenvalue weighted by atomic mass is 32.2. The minimum absolute atomic E-state index is 0.0896. The highest BCUT2D eigenvalue weighted by Crippen LogP contribution is 2.22. The van der Waals surface area contributed by atoms with Gasteiger partial charge in [-0.1, -0.05) is 23.4 Å². The second-order valence-electron chi connectivity index (χ2n) is 6.25. The van der Waals surface area contributed by atoms with Crippen LogP contribution in [0.1, 0.15) is 5.69 Å². The van der Waals surface area contributed by atoms with Crippen molar-refractivity contribution in [3.63, 3.8) is 0 Å². The number of pyridine rings is 1. The van der Waals surface area contributed by atoms with E-state index in [1.807, 2.05) is 24.3 Å². The number of benzene rings is 1. The van der Waals surface area contributed by atoms with Crippen molar-refractivity contribution in [3.8, 4) is 6.01 Å². The number of anilines is 1. The number of nitrogens with one attached hydrogen (secondary N) is 2. The van der Waals surface area contributed by atoms with Gasteiger partial charge in [0.1, 0.15) is 18.2 Å². The number of rotatable bonds is 7. The first-order chi connectivity index (χ1) is 15.0. The zero-order valence-corrected chi connectivity index (χ0v) is 18.1. The van der Waals surface area contributed by atoms with E-state index >= 15 is 0 Å². The first kappa shape index (κ1) is 22.0. The largest absolute Gasteiger partial charge is 0.458 e. The van der Waals surface area contributed by atoms with Crippen LogP contribution >= 0.6 is 0 Å². The molecular weight excluding hydrogens is 420 g/mol. The van der Waals surface area contributed by atoms with Crippen molar-refractivity contribution in [1.29, 1.82) is 0 Å². The van der Waals surface area contributed by atoms with E-state index in [0.717, 1.165) is 11.0 Å². The van der Waals surface area contributed by atoms with E-state index in [-0.39, 0.29) is 18.3 Å². The summed E-state index contributed by atoms with van der Waals surface area (Å²) in [6, 6.07) is 13.0. The van der Waals surface area contributed by atoms with E-state index in [1.165, 1.54) is 6.26 Å². The Balaban J connectivity index is 1.83. The molecule has 1 atom stereocenters. The van der Waals surface area contributed by atoms with Crippen molar-refractivity contribution in [2.75, 3.05) is 31.4 Å². The molecule has 2 N–H and O–H groups in total. The highest BCUT2D eigenvalue weighted by molar-refractivity contribution is 7.85. The number of aromatic nitrogens is 3. The molecule has 1 aromatic carbocycles. The number of carbonyl (C=O) groups is 1. The SMILES string of the molecule is CN=NNC(=NC)n1c(OCc2cccc(NC(=O)CS(C)=O)n2)nc2ccccc21.